The average Bonchev–Trinajstić information content (AvgIpc) is 2.66. The van der Waals surface area contributed by atoms with Crippen LogP contribution in [0.3, 0.4) is 0 Å². The van der Waals surface area contributed by atoms with Gasteiger partial charge >= 0.3 is 0 Å². The van der Waals surface area contributed by atoms with Crippen molar-refractivity contribution in [2.45, 2.75) is 53.1 Å². The van der Waals surface area contributed by atoms with Gasteiger partial charge < -0.3 is 4.74 Å². The van der Waals surface area contributed by atoms with E-state index in [1.165, 1.54) is 0 Å². The van der Waals surface area contributed by atoms with E-state index < -0.39 is 0 Å². The molecule has 2 aromatic carbocycles. The molecule has 0 aliphatic rings. The standard InChI is InChI=1S/C22H26Br2N2O2/c1-4-6-18(7-5-2)25-26-22(27)17-10-8-16(9-11-17)14-28-21-19(23)12-15(3)13-20(21)24/h8-13H,4-7,14H2,1-3H3,(H,26,27). The molecular weight excluding hydrogens is 484 g/mol. The summed E-state index contributed by atoms with van der Waals surface area (Å²) in [5.74, 6) is 0.572. The van der Waals surface area contributed by atoms with Crippen LogP contribution in [0.2, 0.25) is 0 Å². The number of halogens is 2. The second-order valence-electron chi connectivity index (χ2n) is 6.66. The lowest BCUT2D eigenvalue weighted by molar-refractivity contribution is 0.0954. The van der Waals surface area contributed by atoms with E-state index in [2.05, 4.69) is 56.2 Å². The second kappa shape index (κ2) is 11.4. The predicted molar refractivity (Wildman–Crippen MR) is 122 cm³/mol. The maximum Gasteiger partial charge on any atom is 0.271 e. The van der Waals surface area contributed by atoms with Crippen LogP contribution in [0, 0.1) is 6.92 Å². The fraction of sp³-hybridized carbons (Fsp3) is 0.364. The van der Waals surface area contributed by atoms with Gasteiger partial charge in [-0.15, -0.1) is 0 Å². The SMILES string of the molecule is CCCC(CCC)=NNC(=O)c1ccc(COc2c(Br)cc(C)cc2Br)cc1. The van der Waals surface area contributed by atoms with Crippen molar-refractivity contribution in [3.8, 4) is 5.75 Å². The van der Waals surface area contributed by atoms with Crippen LogP contribution in [-0.2, 0) is 6.61 Å². The molecule has 150 valence electrons. The van der Waals surface area contributed by atoms with Gasteiger partial charge in [-0.25, -0.2) is 5.43 Å². The summed E-state index contributed by atoms with van der Waals surface area (Å²) in [6, 6.07) is 11.4. The third-order valence-corrected chi connectivity index (χ3v) is 5.31. The molecule has 1 N–H and O–H groups in total. The van der Waals surface area contributed by atoms with Gasteiger partial charge in [-0.2, -0.15) is 5.10 Å². The molecule has 4 nitrogen and oxygen atoms in total. The first-order valence-corrected chi connectivity index (χ1v) is 11.1. The minimum absolute atomic E-state index is 0.193. The Morgan fingerprint density at radius 1 is 1.04 bits per heavy atom. The number of carbonyl (C=O) groups excluding carboxylic acids is 1. The molecule has 0 heterocycles. The van der Waals surface area contributed by atoms with Crippen LogP contribution in [0.4, 0.5) is 0 Å². The van der Waals surface area contributed by atoms with Gasteiger partial charge in [-0.3, -0.25) is 4.79 Å². The monoisotopic (exact) mass is 508 g/mol. The van der Waals surface area contributed by atoms with E-state index in [1.807, 2.05) is 31.2 Å². The summed E-state index contributed by atoms with van der Waals surface area (Å²) in [5, 5.41) is 4.29. The summed E-state index contributed by atoms with van der Waals surface area (Å²) >= 11 is 7.07. The molecule has 28 heavy (non-hydrogen) atoms. The van der Waals surface area contributed by atoms with Crippen LogP contribution in [0.25, 0.3) is 0 Å². The molecule has 0 saturated carbocycles. The molecule has 0 bridgehead atoms. The Morgan fingerprint density at radius 3 is 2.14 bits per heavy atom. The maximum atomic E-state index is 12.3. The highest BCUT2D eigenvalue weighted by Crippen LogP contribution is 2.35. The molecule has 0 aromatic heterocycles. The van der Waals surface area contributed by atoms with Gasteiger partial charge in [0.1, 0.15) is 12.4 Å². The minimum atomic E-state index is -0.193. The molecule has 0 fully saturated rings. The summed E-state index contributed by atoms with van der Waals surface area (Å²) in [7, 11) is 0. The lowest BCUT2D eigenvalue weighted by atomic mass is 10.1. The molecule has 0 aliphatic heterocycles. The van der Waals surface area contributed by atoms with Gasteiger partial charge in [0.15, 0.2) is 0 Å². The molecule has 0 saturated heterocycles. The number of carbonyl (C=O) groups is 1. The molecule has 6 heteroatoms. The highest BCUT2D eigenvalue weighted by Gasteiger charge is 2.09. The number of aryl methyl sites for hydroxylation is 1. The Kier molecular flexibility index (Phi) is 9.19. The highest BCUT2D eigenvalue weighted by molar-refractivity contribution is 9.11. The normalized spacial score (nSPS) is 10.5. The second-order valence-corrected chi connectivity index (χ2v) is 8.37. The first-order valence-electron chi connectivity index (χ1n) is 9.47. The van der Waals surface area contributed by atoms with Crippen LogP contribution >= 0.6 is 31.9 Å². The fourth-order valence-corrected chi connectivity index (χ4v) is 4.38. The number of hydrogen-bond donors (Lipinski definition) is 1. The van der Waals surface area contributed by atoms with E-state index in [0.29, 0.717) is 12.2 Å². The van der Waals surface area contributed by atoms with Crippen molar-refractivity contribution in [2.75, 3.05) is 0 Å². The number of amides is 1. The molecule has 0 unspecified atom stereocenters. The first-order chi connectivity index (χ1) is 13.4. The number of nitrogens with one attached hydrogen (secondary N) is 1. The van der Waals surface area contributed by atoms with Crippen molar-refractivity contribution >= 4 is 43.5 Å². The summed E-state index contributed by atoms with van der Waals surface area (Å²) in [6.07, 6.45) is 3.87. The zero-order valence-corrected chi connectivity index (χ0v) is 19.7. The summed E-state index contributed by atoms with van der Waals surface area (Å²) in [4.78, 5) is 12.3. The van der Waals surface area contributed by atoms with Gasteiger partial charge in [0.05, 0.1) is 8.95 Å². The summed E-state index contributed by atoms with van der Waals surface area (Å²) in [6.45, 7) is 6.67. The molecule has 0 atom stereocenters. The van der Waals surface area contributed by atoms with Crippen molar-refractivity contribution in [3.63, 3.8) is 0 Å². The smallest absolute Gasteiger partial charge is 0.271 e. The maximum absolute atomic E-state index is 12.3. The topological polar surface area (TPSA) is 50.7 Å². The fourth-order valence-electron chi connectivity index (χ4n) is 2.74. The number of hydrazone groups is 1. The predicted octanol–water partition coefficient (Wildman–Crippen LogP) is 6.79. The zero-order chi connectivity index (χ0) is 20.5. The van der Waals surface area contributed by atoms with Gasteiger partial charge in [0, 0.05) is 11.3 Å². The van der Waals surface area contributed by atoms with Crippen LogP contribution in [0.5, 0.6) is 5.75 Å². The van der Waals surface area contributed by atoms with Crippen LogP contribution in [0.1, 0.15) is 61.0 Å². The van der Waals surface area contributed by atoms with E-state index in [9.17, 15) is 4.79 Å². The van der Waals surface area contributed by atoms with E-state index in [1.54, 1.807) is 12.1 Å². The van der Waals surface area contributed by atoms with Gasteiger partial charge in [0.2, 0.25) is 0 Å². The highest BCUT2D eigenvalue weighted by atomic mass is 79.9. The number of hydrogen-bond acceptors (Lipinski definition) is 3. The number of ether oxygens (including phenoxy) is 1. The van der Waals surface area contributed by atoms with E-state index in [-0.39, 0.29) is 5.91 Å². The van der Waals surface area contributed by atoms with Gasteiger partial charge in [-0.1, -0.05) is 38.8 Å². The number of nitrogens with zero attached hydrogens (tertiary/aromatic N) is 1. The molecule has 2 rings (SSSR count). The first kappa shape index (κ1) is 22.6. The lowest BCUT2D eigenvalue weighted by Crippen LogP contribution is -2.19. The van der Waals surface area contributed by atoms with E-state index in [0.717, 1.165) is 57.2 Å². The van der Waals surface area contributed by atoms with Crippen molar-refractivity contribution in [1.82, 2.24) is 5.43 Å². The van der Waals surface area contributed by atoms with Crippen molar-refractivity contribution in [2.24, 2.45) is 5.10 Å². The average molecular weight is 510 g/mol. The molecule has 0 radical (unpaired) electrons. The van der Waals surface area contributed by atoms with E-state index in [4.69, 9.17) is 4.74 Å². The molecular formula is C22H26Br2N2O2. The Balaban J connectivity index is 1.97. The van der Waals surface area contributed by atoms with E-state index >= 15 is 0 Å². The zero-order valence-electron chi connectivity index (χ0n) is 16.5. The van der Waals surface area contributed by atoms with Crippen molar-refractivity contribution < 1.29 is 9.53 Å². The van der Waals surface area contributed by atoms with Gasteiger partial charge in [0.25, 0.3) is 5.91 Å². The third-order valence-electron chi connectivity index (χ3n) is 4.13. The number of rotatable bonds is 9. The Bertz CT molecular complexity index is 802. The number of benzene rings is 2. The Hall–Kier alpha value is -1.66. The van der Waals surface area contributed by atoms with Crippen molar-refractivity contribution in [3.05, 3.63) is 62.0 Å². The summed E-state index contributed by atoms with van der Waals surface area (Å²) < 4.78 is 7.74. The Labute approximate surface area is 184 Å². The molecule has 1 amide bonds. The van der Waals surface area contributed by atoms with Crippen LogP contribution in [-0.4, -0.2) is 11.6 Å². The Morgan fingerprint density at radius 2 is 1.61 bits per heavy atom. The molecule has 0 spiro atoms. The minimum Gasteiger partial charge on any atom is -0.487 e. The van der Waals surface area contributed by atoms with Crippen LogP contribution < -0.4 is 10.2 Å². The lowest BCUT2D eigenvalue weighted by Gasteiger charge is -2.11. The third kappa shape index (κ3) is 6.74. The quantitative estimate of drug-likeness (QED) is 0.299. The van der Waals surface area contributed by atoms with Crippen LogP contribution in [0.15, 0.2) is 50.4 Å². The largest absolute Gasteiger partial charge is 0.487 e. The van der Waals surface area contributed by atoms with Crippen molar-refractivity contribution in [1.29, 1.82) is 0 Å². The molecule has 2 aromatic rings. The summed E-state index contributed by atoms with van der Waals surface area (Å²) in [5.41, 5.74) is 6.42. The molecule has 0 aliphatic carbocycles. The van der Waals surface area contributed by atoms with Gasteiger partial charge in [-0.05, 0) is 87.0 Å².